The lowest BCUT2D eigenvalue weighted by atomic mass is 9.93. The molecule has 0 atom stereocenters. The average molecular weight is 470 g/mol. The maximum absolute atomic E-state index is 13.2. The second kappa shape index (κ2) is 8.39. The van der Waals surface area contributed by atoms with Gasteiger partial charge in [-0.1, -0.05) is 73.7 Å². The first-order valence-corrected chi connectivity index (χ1v) is 12.4. The lowest BCUT2D eigenvalue weighted by Gasteiger charge is -2.17. The molecule has 0 fully saturated rings. The van der Waals surface area contributed by atoms with Crippen LogP contribution >= 0.6 is 0 Å². The fourth-order valence-electron chi connectivity index (χ4n) is 4.29. The van der Waals surface area contributed by atoms with Crippen molar-refractivity contribution in [3.8, 4) is 22.6 Å². The molecule has 0 bridgehead atoms. The fraction of sp³-hybridized carbons (Fsp3) is 0.0714. The molecule has 0 spiro atoms. The summed E-state index contributed by atoms with van der Waals surface area (Å²) in [5.74, 6) is -0.0363. The number of hydrogen-bond donors (Lipinski definition) is 3. The Bertz CT molecular complexity index is 1640. The lowest BCUT2D eigenvalue weighted by molar-refractivity contribution is 0.472. The topological polar surface area (TPSA) is 86.6 Å². The largest absolute Gasteiger partial charge is 0.507 e. The number of anilines is 1. The van der Waals surface area contributed by atoms with Gasteiger partial charge in [0.25, 0.3) is 10.0 Å². The Kier molecular flexibility index (Phi) is 5.38. The van der Waals surface area contributed by atoms with E-state index in [1.165, 1.54) is 0 Å². The van der Waals surface area contributed by atoms with Crippen LogP contribution in [0.3, 0.4) is 0 Å². The van der Waals surface area contributed by atoms with E-state index >= 15 is 0 Å². The second-order valence-corrected chi connectivity index (χ2v) is 9.83. The van der Waals surface area contributed by atoms with Gasteiger partial charge in [0.15, 0.2) is 0 Å². The van der Waals surface area contributed by atoms with Gasteiger partial charge in [-0.05, 0) is 47.0 Å². The van der Waals surface area contributed by atoms with E-state index in [1.807, 2.05) is 31.2 Å². The van der Waals surface area contributed by atoms with Crippen LogP contribution in [0.1, 0.15) is 12.5 Å². The zero-order valence-electron chi connectivity index (χ0n) is 18.5. The van der Waals surface area contributed by atoms with E-state index in [4.69, 9.17) is 0 Å². The molecule has 0 saturated carbocycles. The van der Waals surface area contributed by atoms with Gasteiger partial charge in [0.2, 0.25) is 0 Å². The zero-order chi connectivity index (χ0) is 23.9. The quantitative estimate of drug-likeness (QED) is 0.259. The van der Waals surface area contributed by atoms with E-state index in [2.05, 4.69) is 4.72 Å². The van der Waals surface area contributed by atoms with Crippen molar-refractivity contribution in [1.82, 2.24) is 0 Å². The van der Waals surface area contributed by atoms with Gasteiger partial charge in [-0.25, -0.2) is 8.42 Å². The fourth-order valence-corrected chi connectivity index (χ4v) is 5.36. The third-order valence-corrected chi connectivity index (χ3v) is 7.46. The molecular weight excluding hydrogens is 446 g/mol. The predicted molar refractivity (Wildman–Crippen MR) is 137 cm³/mol. The van der Waals surface area contributed by atoms with Gasteiger partial charge in [0.05, 0.1) is 10.6 Å². The summed E-state index contributed by atoms with van der Waals surface area (Å²) in [6.07, 6.45) is 0.814. The molecule has 0 aromatic heterocycles. The van der Waals surface area contributed by atoms with Crippen LogP contribution in [0.15, 0.2) is 95.9 Å². The van der Waals surface area contributed by atoms with Gasteiger partial charge in [-0.2, -0.15) is 0 Å². The minimum atomic E-state index is -3.89. The van der Waals surface area contributed by atoms with Crippen molar-refractivity contribution >= 4 is 37.3 Å². The van der Waals surface area contributed by atoms with E-state index in [-0.39, 0.29) is 16.4 Å². The molecule has 5 nitrogen and oxygen atoms in total. The maximum Gasteiger partial charge on any atom is 0.261 e. The van der Waals surface area contributed by atoms with Crippen LogP contribution in [0.2, 0.25) is 0 Å². The van der Waals surface area contributed by atoms with E-state index in [0.29, 0.717) is 27.6 Å². The normalized spacial score (nSPS) is 11.7. The smallest absolute Gasteiger partial charge is 0.261 e. The summed E-state index contributed by atoms with van der Waals surface area (Å²) < 4.78 is 29.2. The summed E-state index contributed by atoms with van der Waals surface area (Å²) in [7, 11) is -3.89. The van der Waals surface area contributed by atoms with Gasteiger partial charge in [-0.15, -0.1) is 0 Å². The van der Waals surface area contributed by atoms with E-state index in [9.17, 15) is 18.6 Å². The Morgan fingerprint density at radius 1 is 0.765 bits per heavy atom. The number of hydrogen-bond acceptors (Lipinski definition) is 4. The molecule has 0 aliphatic rings. The first kappa shape index (κ1) is 21.8. The Morgan fingerprint density at radius 2 is 1.41 bits per heavy atom. The minimum absolute atomic E-state index is 0.00626. The van der Waals surface area contributed by atoms with E-state index in [1.54, 1.807) is 66.7 Å². The van der Waals surface area contributed by atoms with Crippen LogP contribution in [0.25, 0.3) is 32.7 Å². The van der Waals surface area contributed by atoms with Gasteiger partial charge < -0.3 is 10.2 Å². The monoisotopic (exact) mass is 469 g/mol. The third-order valence-electron chi connectivity index (χ3n) is 6.08. The zero-order valence-corrected chi connectivity index (χ0v) is 19.3. The Morgan fingerprint density at radius 3 is 2.12 bits per heavy atom. The Labute approximate surface area is 198 Å². The molecule has 5 aromatic carbocycles. The van der Waals surface area contributed by atoms with Crippen LogP contribution in [0.4, 0.5) is 5.69 Å². The second-order valence-electron chi connectivity index (χ2n) is 8.15. The molecule has 0 amide bonds. The summed E-state index contributed by atoms with van der Waals surface area (Å²) in [5.41, 5.74) is 2.14. The summed E-state index contributed by atoms with van der Waals surface area (Å²) in [5, 5.41) is 24.6. The summed E-state index contributed by atoms with van der Waals surface area (Å²) in [6.45, 7) is 2.01. The van der Waals surface area contributed by atoms with Crippen molar-refractivity contribution in [3.63, 3.8) is 0 Å². The molecular formula is C28H23NO4S. The van der Waals surface area contributed by atoms with Crippen molar-refractivity contribution in [3.05, 3.63) is 96.6 Å². The first-order valence-electron chi connectivity index (χ1n) is 11.0. The predicted octanol–water partition coefficient (Wildman–Crippen LogP) is 6.43. The van der Waals surface area contributed by atoms with E-state index in [0.717, 1.165) is 22.8 Å². The van der Waals surface area contributed by atoms with Crippen LogP contribution in [-0.4, -0.2) is 18.6 Å². The van der Waals surface area contributed by atoms with Crippen molar-refractivity contribution in [2.75, 3.05) is 4.72 Å². The Balaban J connectivity index is 1.73. The van der Waals surface area contributed by atoms with Crippen molar-refractivity contribution in [2.45, 2.75) is 18.2 Å². The molecule has 0 radical (unpaired) electrons. The van der Waals surface area contributed by atoms with Crippen molar-refractivity contribution in [2.24, 2.45) is 0 Å². The summed E-state index contributed by atoms with van der Waals surface area (Å²) >= 11 is 0. The molecule has 0 unspecified atom stereocenters. The number of benzene rings is 5. The van der Waals surface area contributed by atoms with Crippen molar-refractivity contribution in [1.29, 1.82) is 0 Å². The minimum Gasteiger partial charge on any atom is -0.507 e. The van der Waals surface area contributed by atoms with Crippen LogP contribution in [0.5, 0.6) is 11.5 Å². The molecule has 5 aromatic rings. The maximum atomic E-state index is 13.2. The molecule has 0 aliphatic carbocycles. The van der Waals surface area contributed by atoms with Gasteiger partial charge >= 0.3 is 0 Å². The number of aryl methyl sites for hydroxylation is 1. The molecule has 6 heteroatoms. The molecule has 0 saturated heterocycles. The molecule has 5 rings (SSSR count). The molecule has 170 valence electrons. The number of phenolic OH excluding ortho intramolecular Hbond substituents is 2. The highest BCUT2D eigenvalue weighted by Crippen LogP contribution is 2.46. The molecule has 34 heavy (non-hydrogen) atoms. The Hall–Kier alpha value is -4.03. The molecule has 3 N–H and O–H groups in total. The van der Waals surface area contributed by atoms with Crippen LogP contribution in [-0.2, 0) is 16.4 Å². The van der Waals surface area contributed by atoms with Crippen molar-refractivity contribution < 1.29 is 18.6 Å². The number of rotatable bonds is 5. The number of sulfonamides is 1. The third kappa shape index (κ3) is 3.72. The lowest BCUT2D eigenvalue weighted by Crippen LogP contribution is -2.13. The number of fused-ring (bicyclic) bond motifs is 2. The highest BCUT2D eigenvalue weighted by atomic mass is 32.2. The van der Waals surface area contributed by atoms with E-state index < -0.39 is 10.0 Å². The molecule has 0 aliphatic heterocycles. The number of aromatic hydroxyl groups is 2. The van der Waals surface area contributed by atoms with Gasteiger partial charge in [0.1, 0.15) is 11.5 Å². The van der Waals surface area contributed by atoms with Crippen LogP contribution in [0, 0.1) is 0 Å². The standard InChI is InChI=1S/C28H23NO4S/c1-2-18-11-14-20(15-12-18)34(32,33)29-25-17-24(28(31)23-10-6-5-9-22(23)25)27-21-8-4-3-7-19(21)13-16-26(27)30/h3-17,29-31H,2H2,1H3. The number of phenols is 2. The first-order chi connectivity index (χ1) is 16.4. The SMILES string of the molecule is CCc1ccc(S(=O)(=O)Nc2cc(-c3c(O)ccc4ccccc34)c(O)c3ccccc23)cc1. The summed E-state index contributed by atoms with van der Waals surface area (Å²) in [4.78, 5) is 0.149. The number of nitrogens with one attached hydrogen (secondary N) is 1. The van der Waals surface area contributed by atoms with Crippen LogP contribution < -0.4 is 4.72 Å². The summed E-state index contributed by atoms with van der Waals surface area (Å²) in [6, 6.07) is 26.3. The van der Waals surface area contributed by atoms with Gasteiger partial charge in [-0.3, -0.25) is 4.72 Å². The van der Waals surface area contributed by atoms with Gasteiger partial charge in [0, 0.05) is 21.9 Å². The highest BCUT2D eigenvalue weighted by molar-refractivity contribution is 7.92. The average Bonchev–Trinajstić information content (AvgIpc) is 2.86. The highest BCUT2D eigenvalue weighted by Gasteiger charge is 2.21. The molecule has 0 heterocycles.